The fourth-order valence-corrected chi connectivity index (χ4v) is 5.26. The molecule has 0 radical (unpaired) electrons. The maximum atomic E-state index is 13.4. The zero-order chi connectivity index (χ0) is 27.7. The van der Waals surface area contributed by atoms with E-state index >= 15 is 0 Å². The number of hydrogen-bond acceptors (Lipinski definition) is 6. The number of carbonyl (C=O) groups excluding carboxylic acids is 1. The number of rotatable bonds is 12. The van der Waals surface area contributed by atoms with E-state index in [-0.39, 0.29) is 21.5 Å². The maximum absolute atomic E-state index is 13.4. The van der Waals surface area contributed by atoms with Crippen LogP contribution in [0.3, 0.4) is 0 Å². The molecule has 0 bridgehead atoms. The smallest absolute Gasteiger partial charge is 0.255 e. The molecule has 0 atom stereocenters. The van der Waals surface area contributed by atoms with Gasteiger partial charge in [0.2, 0.25) is 10.0 Å². The molecule has 8 nitrogen and oxygen atoms in total. The van der Waals surface area contributed by atoms with Crippen LogP contribution in [-0.4, -0.2) is 45.1 Å². The average Bonchev–Trinajstić information content (AvgIpc) is 2.89. The third kappa shape index (κ3) is 7.72. The minimum Gasteiger partial charge on any atom is -0.493 e. The molecule has 3 aromatic rings. The number of benzene rings is 3. The quantitative estimate of drug-likeness (QED) is 0.168. The van der Waals surface area contributed by atoms with Gasteiger partial charge in [-0.15, -0.1) is 0 Å². The summed E-state index contributed by atoms with van der Waals surface area (Å²) in [6, 6.07) is 15.5. The van der Waals surface area contributed by atoms with Gasteiger partial charge in [0.15, 0.2) is 11.5 Å². The molecule has 0 saturated heterocycles. The van der Waals surface area contributed by atoms with Crippen LogP contribution < -0.4 is 14.9 Å². The van der Waals surface area contributed by atoms with Gasteiger partial charge in [0, 0.05) is 27.2 Å². The molecule has 3 aromatic carbocycles. The van der Waals surface area contributed by atoms with Crippen molar-refractivity contribution in [1.82, 2.24) is 9.73 Å². The Kier molecular flexibility index (Phi) is 10.6. The number of halogens is 3. The van der Waals surface area contributed by atoms with Crippen LogP contribution in [0.5, 0.6) is 11.5 Å². The number of ether oxygens (including phenoxy) is 2. The minimum absolute atomic E-state index is 0.0489. The first-order valence-corrected chi connectivity index (χ1v) is 13.7. The van der Waals surface area contributed by atoms with Crippen LogP contribution in [0.25, 0.3) is 0 Å². The Morgan fingerprint density at radius 1 is 1.05 bits per heavy atom. The third-order valence-corrected chi connectivity index (χ3v) is 7.88. The monoisotopic (exact) mass is 595 g/mol. The summed E-state index contributed by atoms with van der Waals surface area (Å²) < 4.78 is 38.6. The molecule has 0 aliphatic rings. The lowest BCUT2D eigenvalue weighted by molar-refractivity contribution is -0.121. The van der Waals surface area contributed by atoms with E-state index in [4.69, 9.17) is 44.3 Å². The molecule has 3 rings (SSSR count). The standard InChI is InChI=1S/C26H24Cl3N3O5S/c1-3-13-37-24-12-7-18(14-25(24)36-2)15-30-31-26(33)17-32(16-21-22(28)5-4-6-23(21)29)38(34,35)20-10-8-19(27)9-11-20/h3-12,14-15H,1,13,16-17H2,2H3,(H,31,33)/b30-15-. The Morgan fingerprint density at radius 2 is 1.74 bits per heavy atom. The summed E-state index contributed by atoms with van der Waals surface area (Å²) in [5, 5.41) is 4.84. The number of methoxy groups -OCH3 is 1. The van der Waals surface area contributed by atoms with Crippen LogP contribution >= 0.6 is 34.8 Å². The fourth-order valence-electron chi connectivity index (χ4n) is 3.25. The first-order chi connectivity index (χ1) is 18.1. The van der Waals surface area contributed by atoms with E-state index in [1.165, 1.54) is 37.6 Å². The second-order valence-electron chi connectivity index (χ2n) is 7.73. The number of nitrogens with one attached hydrogen (secondary N) is 1. The van der Waals surface area contributed by atoms with E-state index in [1.807, 2.05) is 0 Å². The van der Waals surface area contributed by atoms with Gasteiger partial charge < -0.3 is 9.47 Å². The molecule has 200 valence electrons. The Balaban J connectivity index is 1.80. The van der Waals surface area contributed by atoms with Crippen LogP contribution in [0.1, 0.15) is 11.1 Å². The summed E-state index contributed by atoms with van der Waals surface area (Å²) in [5.41, 5.74) is 3.32. The van der Waals surface area contributed by atoms with Crippen molar-refractivity contribution >= 4 is 56.9 Å². The van der Waals surface area contributed by atoms with Crippen molar-refractivity contribution in [2.75, 3.05) is 20.3 Å². The number of hydrogen-bond donors (Lipinski definition) is 1. The van der Waals surface area contributed by atoms with Gasteiger partial charge in [-0.2, -0.15) is 9.41 Å². The van der Waals surface area contributed by atoms with Crippen molar-refractivity contribution < 1.29 is 22.7 Å². The predicted molar refractivity (Wildman–Crippen MR) is 150 cm³/mol. The molecule has 0 unspecified atom stereocenters. The lowest BCUT2D eigenvalue weighted by Crippen LogP contribution is -2.39. The third-order valence-electron chi connectivity index (χ3n) is 5.11. The highest BCUT2D eigenvalue weighted by molar-refractivity contribution is 7.89. The molecule has 38 heavy (non-hydrogen) atoms. The zero-order valence-electron chi connectivity index (χ0n) is 20.2. The highest BCUT2D eigenvalue weighted by atomic mass is 35.5. The van der Waals surface area contributed by atoms with E-state index in [0.29, 0.717) is 34.3 Å². The number of amides is 1. The van der Waals surface area contributed by atoms with Gasteiger partial charge in [0.25, 0.3) is 5.91 Å². The van der Waals surface area contributed by atoms with E-state index in [1.54, 1.807) is 42.5 Å². The Hall–Kier alpha value is -3.08. The van der Waals surface area contributed by atoms with E-state index in [2.05, 4.69) is 17.1 Å². The number of nitrogens with zero attached hydrogens (tertiary/aromatic N) is 2. The lowest BCUT2D eigenvalue weighted by atomic mass is 10.2. The van der Waals surface area contributed by atoms with Gasteiger partial charge in [-0.3, -0.25) is 4.79 Å². The van der Waals surface area contributed by atoms with Crippen molar-refractivity contribution in [3.05, 3.63) is 99.5 Å². The van der Waals surface area contributed by atoms with Crippen molar-refractivity contribution in [2.45, 2.75) is 11.4 Å². The molecule has 12 heteroatoms. The van der Waals surface area contributed by atoms with Gasteiger partial charge in [-0.1, -0.05) is 53.5 Å². The van der Waals surface area contributed by atoms with Crippen molar-refractivity contribution in [1.29, 1.82) is 0 Å². The van der Waals surface area contributed by atoms with Gasteiger partial charge in [-0.25, -0.2) is 13.8 Å². The average molecular weight is 597 g/mol. The first-order valence-electron chi connectivity index (χ1n) is 11.1. The summed E-state index contributed by atoms with van der Waals surface area (Å²) in [6.45, 7) is 3.12. The van der Waals surface area contributed by atoms with E-state index in [9.17, 15) is 13.2 Å². The molecule has 0 aromatic heterocycles. The molecule has 0 aliphatic heterocycles. The summed E-state index contributed by atoms with van der Waals surface area (Å²) in [5.74, 6) is 0.314. The van der Waals surface area contributed by atoms with Gasteiger partial charge in [-0.05, 0) is 60.2 Å². The van der Waals surface area contributed by atoms with Crippen LogP contribution in [0.4, 0.5) is 0 Å². The predicted octanol–water partition coefficient (Wildman–Crippen LogP) is 5.56. The SMILES string of the molecule is C=CCOc1ccc(/C=N\NC(=O)CN(Cc2c(Cl)cccc2Cl)S(=O)(=O)c2ccc(Cl)cc2)cc1OC. The summed E-state index contributed by atoms with van der Waals surface area (Å²) >= 11 is 18.5. The minimum atomic E-state index is -4.14. The summed E-state index contributed by atoms with van der Waals surface area (Å²) in [7, 11) is -2.64. The number of carbonyl (C=O) groups is 1. The van der Waals surface area contributed by atoms with Crippen LogP contribution in [-0.2, 0) is 21.4 Å². The zero-order valence-corrected chi connectivity index (χ0v) is 23.3. The normalized spacial score (nSPS) is 11.5. The van der Waals surface area contributed by atoms with Crippen LogP contribution in [0.15, 0.2) is 83.3 Å². The number of sulfonamides is 1. The molecule has 0 aliphatic carbocycles. The molecule has 1 N–H and O–H groups in total. The highest BCUT2D eigenvalue weighted by Gasteiger charge is 2.28. The Bertz CT molecular complexity index is 1410. The van der Waals surface area contributed by atoms with Crippen LogP contribution in [0.2, 0.25) is 15.1 Å². The molecule has 0 heterocycles. The van der Waals surface area contributed by atoms with Gasteiger partial charge >= 0.3 is 0 Å². The van der Waals surface area contributed by atoms with Crippen molar-refractivity contribution in [3.63, 3.8) is 0 Å². The fraction of sp³-hybridized carbons (Fsp3) is 0.154. The molecule has 0 fully saturated rings. The Morgan fingerprint density at radius 3 is 2.37 bits per heavy atom. The molecular formula is C26H24Cl3N3O5S. The van der Waals surface area contributed by atoms with E-state index < -0.39 is 22.5 Å². The molecule has 1 amide bonds. The van der Waals surface area contributed by atoms with Crippen LogP contribution in [0, 0.1) is 0 Å². The number of hydrazone groups is 1. The largest absolute Gasteiger partial charge is 0.493 e. The van der Waals surface area contributed by atoms with Crippen molar-refractivity contribution in [2.24, 2.45) is 5.10 Å². The summed E-state index contributed by atoms with van der Waals surface area (Å²) in [4.78, 5) is 12.7. The van der Waals surface area contributed by atoms with Crippen molar-refractivity contribution in [3.8, 4) is 11.5 Å². The van der Waals surface area contributed by atoms with E-state index in [0.717, 1.165) is 4.31 Å². The van der Waals surface area contributed by atoms with Gasteiger partial charge in [0.05, 0.1) is 24.8 Å². The second kappa shape index (κ2) is 13.6. The molecular weight excluding hydrogens is 573 g/mol. The molecule has 0 saturated carbocycles. The van der Waals surface area contributed by atoms with Gasteiger partial charge in [0.1, 0.15) is 6.61 Å². The molecule has 0 spiro atoms. The summed E-state index contributed by atoms with van der Waals surface area (Å²) in [6.07, 6.45) is 3.00. The highest BCUT2D eigenvalue weighted by Crippen LogP contribution is 2.29. The topological polar surface area (TPSA) is 97.3 Å². The first kappa shape index (κ1) is 29.5. The lowest BCUT2D eigenvalue weighted by Gasteiger charge is -2.22. The second-order valence-corrected chi connectivity index (χ2v) is 10.9. The Labute approximate surface area is 236 Å². The maximum Gasteiger partial charge on any atom is 0.255 e.